The summed E-state index contributed by atoms with van der Waals surface area (Å²) in [6.45, 7) is 3.36. The van der Waals surface area contributed by atoms with Crippen molar-refractivity contribution in [3.63, 3.8) is 0 Å². The number of ketones is 1. The van der Waals surface area contributed by atoms with Crippen molar-refractivity contribution < 1.29 is 19.9 Å². The lowest BCUT2D eigenvalue weighted by molar-refractivity contribution is -0.386. The van der Waals surface area contributed by atoms with Crippen molar-refractivity contribution >= 4 is 40.4 Å². The Hall–Kier alpha value is -2.55. The molecule has 0 saturated carbocycles. The predicted molar refractivity (Wildman–Crippen MR) is 110 cm³/mol. The van der Waals surface area contributed by atoms with Crippen LogP contribution in [0.15, 0.2) is 30.3 Å². The van der Waals surface area contributed by atoms with E-state index in [0.29, 0.717) is 16.6 Å². The SMILES string of the molecule is O=C(CCN1CCN(c2cccc(Cl)c2Cl)CC1)c1cc(O)c(O)c([N+](=O)[O-])c1. The zero-order valence-electron chi connectivity index (χ0n) is 15.3. The molecule has 0 unspecified atom stereocenters. The normalized spacial score (nSPS) is 14.8. The molecule has 0 atom stereocenters. The van der Waals surface area contributed by atoms with E-state index < -0.39 is 22.1 Å². The summed E-state index contributed by atoms with van der Waals surface area (Å²) in [6, 6.07) is 7.53. The molecule has 2 aromatic rings. The highest BCUT2D eigenvalue weighted by Crippen LogP contribution is 2.36. The standard InChI is InChI=1S/C19H19Cl2N3O5/c20-13-2-1-3-14(18(13)21)23-8-6-22(7-9-23)5-4-16(25)12-10-15(24(28)29)19(27)17(26)11-12/h1-3,10-11,26-27H,4-9H2. The van der Waals surface area contributed by atoms with Gasteiger partial charge in [0, 0.05) is 50.8 Å². The van der Waals surface area contributed by atoms with Crippen LogP contribution < -0.4 is 4.90 Å². The van der Waals surface area contributed by atoms with Crippen LogP contribution in [-0.4, -0.2) is 58.5 Å². The number of phenolic OH excluding ortho intramolecular Hbond substituents is 2. The first-order chi connectivity index (χ1) is 13.8. The maximum Gasteiger partial charge on any atom is 0.315 e. The Balaban J connectivity index is 1.57. The number of rotatable bonds is 6. The summed E-state index contributed by atoms with van der Waals surface area (Å²) in [5.74, 6) is -1.87. The van der Waals surface area contributed by atoms with E-state index in [1.165, 1.54) is 0 Å². The average molecular weight is 440 g/mol. The van der Waals surface area contributed by atoms with Crippen molar-refractivity contribution in [1.82, 2.24) is 4.90 Å². The molecule has 2 aromatic carbocycles. The van der Waals surface area contributed by atoms with Gasteiger partial charge in [0.1, 0.15) is 0 Å². The molecular formula is C19H19Cl2N3O5. The maximum atomic E-state index is 12.4. The molecule has 1 heterocycles. The summed E-state index contributed by atoms with van der Waals surface area (Å²) in [6.07, 6.45) is 0.138. The number of nitro groups is 1. The molecule has 8 nitrogen and oxygen atoms in total. The summed E-state index contributed by atoms with van der Waals surface area (Å²) in [4.78, 5) is 26.8. The molecular weight excluding hydrogens is 421 g/mol. The molecule has 0 bridgehead atoms. The summed E-state index contributed by atoms with van der Waals surface area (Å²) in [7, 11) is 0. The van der Waals surface area contributed by atoms with Crippen LogP contribution in [0.5, 0.6) is 11.5 Å². The molecule has 1 saturated heterocycles. The van der Waals surface area contributed by atoms with Crippen LogP contribution in [0, 0.1) is 10.1 Å². The molecule has 2 N–H and O–H groups in total. The molecule has 0 amide bonds. The Morgan fingerprint density at radius 3 is 2.48 bits per heavy atom. The van der Waals surface area contributed by atoms with Crippen LogP contribution in [0.1, 0.15) is 16.8 Å². The largest absolute Gasteiger partial charge is 0.504 e. The summed E-state index contributed by atoms with van der Waals surface area (Å²) in [5, 5.41) is 31.1. The fraction of sp³-hybridized carbons (Fsp3) is 0.316. The Morgan fingerprint density at radius 1 is 1.14 bits per heavy atom. The highest BCUT2D eigenvalue weighted by atomic mass is 35.5. The van der Waals surface area contributed by atoms with Gasteiger partial charge in [0.05, 0.1) is 20.7 Å². The fourth-order valence-corrected chi connectivity index (χ4v) is 3.67. The van der Waals surface area contributed by atoms with Crippen LogP contribution in [0.2, 0.25) is 10.0 Å². The second kappa shape index (κ2) is 8.86. The quantitative estimate of drug-likeness (QED) is 0.305. The minimum absolute atomic E-state index is 0.00338. The zero-order chi connectivity index (χ0) is 21.1. The van der Waals surface area contributed by atoms with E-state index in [4.69, 9.17) is 23.2 Å². The van der Waals surface area contributed by atoms with Crippen LogP contribution in [0.3, 0.4) is 0 Å². The Labute approximate surface area is 177 Å². The summed E-state index contributed by atoms with van der Waals surface area (Å²) < 4.78 is 0. The zero-order valence-corrected chi connectivity index (χ0v) is 16.9. The number of nitrogens with zero attached hydrogens (tertiary/aromatic N) is 3. The highest BCUT2D eigenvalue weighted by Gasteiger charge is 2.23. The smallest absolute Gasteiger partial charge is 0.315 e. The van der Waals surface area contributed by atoms with Gasteiger partial charge >= 0.3 is 5.69 Å². The van der Waals surface area contributed by atoms with Crippen molar-refractivity contribution in [3.8, 4) is 11.5 Å². The van der Waals surface area contributed by atoms with Gasteiger partial charge < -0.3 is 15.1 Å². The molecule has 1 fully saturated rings. The lowest BCUT2D eigenvalue weighted by Gasteiger charge is -2.36. The van der Waals surface area contributed by atoms with Gasteiger partial charge in [-0.1, -0.05) is 29.3 Å². The van der Waals surface area contributed by atoms with Crippen LogP contribution >= 0.6 is 23.2 Å². The summed E-state index contributed by atoms with van der Waals surface area (Å²) in [5.41, 5.74) is 0.179. The van der Waals surface area contributed by atoms with Gasteiger partial charge in [0.2, 0.25) is 5.75 Å². The van der Waals surface area contributed by atoms with Gasteiger partial charge in [0.25, 0.3) is 0 Å². The number of phenols is 2. The van der Waals surface area contributed by atoms with E-state index in [9.17, 15) is 25.1 Å². The number of halogens is 2. The molecule has 0 spiro atoms. The van der Waals surface area contributed by atoms with Gasteiger partial charge in [-0.05, 0) is 18.2 Å². The lowest BCUT2D eigenvalue weighted by atomic mass is 10.1. The monoisotopic (exact) mass is 439 g/mol. The van der Waals surface area contributed by atoms with E-state index in [1.807, 2.05) is 12.1 Å². The highest BCUT2D eigenvalue weighted by molar-refractivity contribution is 6.43. The predicted octanol–water partition coefficient (Wildman–Crippen LogP) is 3.71. The average Bonchev–Trinajstić information content (AvgIpc) is 2.70. The molecule has 1 aliphatic heterocycles. The third kappa shape index (κ3) is 4.72. The van der Waals surface area contributed by atoms with Crippen LogP contribution in [0.25, 0.3) is 0 Å². The van der Waals surface area contributed by atoms with Gasteiger partial charge in [-0.15, -0.1) is 0 Å². The molecule has 29 heavy (non-hydrogen) atoms. The van der Waals surface area contributed by atoms with Gasteiger partial charge in [-0.3, -0.25) is 19.8 Å². The maximum absolute atomic E-state index is 12.4. The number of Topliss-reactive ketones (excluding diaryl/α,β-unsaturated/α-hetero) is 1. The Morgan fingerprint density at radius 2 is 1.83 bits per heavy atom. The topological polar surface area (TPSA) is 107 Å². The van der Waals surface area contributed by atoms with E-state index in [0.717, 1.165) is 44.0 Å². The summed E-state index contributed by atoms with van der Waals surface area (Å²) >= 11 is 12.3. The van der Waals surface area contributed by atoms with E-state index >= 15 is 0 Å². The molecule has 10 heteroatoms. The number of carbonyl (C=O) groups excluding carboxylic acids is 1. The van der Waals surface area contributed by atoms with Crippen molar-refractivity contribution in [2.24, 2.45) is 0 Å². The van der Waals surface area contributed by atoms with Crippen LogP contribution in [0.4, 0.5) is 11.4 Å². The van der Waals surface area contributed by atoms with Crippen molar-refractivity contribution in [2.45, 2.75) is 6.42 Å². The van der Waals surface area contributed by atoms with Crippen molar-refractivity contribution in [2.75, 3.05) is 37.6 Å². The molecule has 3 rings (SSSR count). The van der Waals surface area contributed by atoms with Gasteiger partial charge in [-0.25, -0.2) is 0 Å². The van der Waals surface area contributed by atoms with Crippen LogP contribution in [-0.2, 0) is 0 Å². The van der Waals surface area contributed by atoms with E-state index in [-0.39, 0.29) is 17.8 Å². The Bertz CT molecular complexity index is 946. The number of hydrogen-bond donors (Lipinski definition) is 2. The second-order valence-electron chi connectivity index (χ2n) is 6.70. The number of hydrogen-bond acceptors (Lipinski definition) is 7. The minimum atomic E-state index is -0.845. The number of benzene rings is 2. The first-order valence-corrected chi connectivity index (χ1v) is 9.68. The fourth-order valence-electron chi connectivity index (χ4n) is 3.26. The number of nitro benzene ring substituents is 1. The first kappa shape index (κ1) is 21.2. The second-order valence-corrected chi connectivity index (χ2v) is 7.48. The first-order valence-electron chi connectivity index (χ1n) is 8.93. The third-order valence-corrected chi connectivity index (χ3v) is 5.70. The van der Waals surface area contributed by atoms with E-state index in [2.05, 4.69) is 9.80 Å². The number of aromatic hydroxyl groups is 2. The van der Waals surface area contributed by atoms with E-state index in [1.54, 1.807) is 6.07 Å². The van der Waals surface area contributed by atoms with Crippen molar-refractivity contribution in [3.05, 3.63) is 56.1 Å². The molecule has 0 aliphatic carbocycles. The molecule has 0 radical (unpaired) electrons. The lowest BCUT2D eigenvalue weighted by Crippen LogP contribution is -2.47. The molecule has 154 valence electrons. The third-order valence-electron chi connectivity index (χ3n) is 4.89. The minimum Gasteiger partial charge on any atom is -0.504 e. The number of carbonyl (C=O) groups is 1. The number of piperazine rings is 1. The van der Waals surface area contributed by atoms with Crippen molar-refractivity contribution in [1.29, 1.82) is 0 Å². The Kier molecular flexibility index (Phi) is 6.46. The molecule has 0 aromatic heterocycles. The van der Waals surface area contributed by atoms with Gasteiger partial charge in [0.15, 0.2) is 11.5 Å². The van der Waals surface area contributed by atoms with Gasteiger partial charge in [-0.2, -0.15) is 0 Å². The number of anilines is 1. The molecule has 1 aliphatic rings.